The Morgan fingerprint density at radius 2 is 1.46 bits per heavy atom. The lowest BCUT2D eigenvalue weighted by Crippen LogP contribution is -2.11. The molecule has 0 spiro atoms. The summed E-state index contributed by atoms with van der Waals surface area (Å²) in [6, 6.07) is 0. The molecule has 0 N–H and O–H groups in total. The van der Waals surface area contributed by atoms with Crippen molar-refractivity contribution in [1.82, 2.24) is 19.5 Å². The van der Waals surface area contributed by atoms with Crippen LogP contribution in [0.2, 0.25) is 0 Å². The highest BCUT2D eigenvalue weighted by Gasteiger charge is 2.20. The SMILES string of the molecule is C=C/C(=C\C)c1nc(CC)nc(-n2c(C=C)c(C=C)c(C=C)c2C=C)n1. The third-order valence-corrected chi connectivity index (χ3v) is 4.09. The van der Waals surface area contributed by atoms with Crippen LogP contribution in [0.5, 0.6) is 0 Å². The molecule has 0 aromatic carbocycles. The zero-order valence-corrected chi connectivity index (χ0v) is 15.5. The highest BCUT2D eigenvalue weighted by atomic mass is 15.2. The van der Waals surface area contributed by atoms with E-state index in [0.717, 1.165) is 28.1 Å². The summed E-state index contributed by atoms with van der Waals surface area (Å²) in [5, 5.41) is 0. The van der Waals surface area contributed by atoms with Crippen LogP contribution < -0.4 is 0 Å². The number of aromatic nitrogens is 4. The van der Waals surface area contributed by atoms with Gasteiger partial charge < -0.3 is 0 Å². The Bertz CT molecular complexity index is 889. The van der Waals surface area contributed by atoms with Gasteiger partial charge in [0.2, 0.25) is 5.95 Å². The Morgan fingerprint density at radius 3 is 1.85 bits per heavy atom. The molecule has 0 aliphatic carbocycles. The average molecular weight is 344 g/mol. The van der Waals surface area contributed by atoms with Gasteiger partial charge in [-0.15, -0.1) is 0 Å². The van der Waals surface area contributed by atoms with Crippen molar-refractivity contribution in [2.45, 2.75) is 20.3 Å². The molecule has 2 aromatic heterocycles. The number of aryl methyl sites for hydroxylation is 1. The van der Waals surface area contributed by atoms with Gasteiger partial charge in [0.1, 0.15) is 5.82 Å². The van der Waals surface area contributed by atoms with Crippen molar-refractivity contribution in [2.24, 2.45) is 0 Å². The molecule has 0 saturated carbocycles. The van der Waals surface area contributed by atoms with Crippen molar-refractivity contribution in [2.75, 3.05) is 0 Å². The highest BCUT2D eigenvalue weighted by Crippen LogP contribution is 2.30. The average Bonchev–Trinajstić information content (AvgIpc) is 3.00. The zero-order valence-electron chi connectivity index (χ0n) is 15.5. The molecule has 4 heteroatoms. The van der Waals surface area contributed by atoms with Crippen molar-refractivity contribution >= 4 is 29.9 Å². The van der Waals surface area contributed by atoms with Crippen molar-refractivity contribution in [3.05, 3.63) is 79.2 Å². The van der Waals surface area contributed by atoms with E-state index >= 15 is 0 Å². The first-order valence-electron chi connectivity index (χ1n) is 8.42. The van der Waals surface area contributed by atoms with E-state index in [1.165, 1.54) is 0 Å². The molecule has 0 aliphatic rings. The Balaban J connectivity index is 2.93. The Kier molecular flexibility index (Phi) is 6.02. The Labute approximate surface area is 155 Å². The molecule has 0 atom stereocenters. The summed E-state index contributed by atoms with van der Waals surface area (Å²) in [4.78, 5) is 13.8. The van der Waals surface area contributed by atoms with E-state index in [-0.39, 0.29) is 0 Å². The van der Waals surface area contributed by atoms with Gasteiger partial charge in [-0.3, -0.25) is 4.57 Å². The Morgan fingerprint density at radius 1 is 0.885 bits per heavy atom. The molecule has 0 bridgehead atoms. The van der Waals surface area contributed by atoms with Crippen LogP contribution in [-0.2, 0) is 6.42 Å². The van der Waals surface area contributed by atoms with Gasteiger partial charge in [-0.05, 0) is 19.1 Å². The van der Waals surface area contributed by atoms with E-state index in [1.54, 1.807) is 30.4 Å². The maximum atomic E-state index is 4.67. The van der Waals surface area contributed by atoms with Crippen molar-refractivity contribution in [3.63, 3.8) is 0 Å². The number of rotatable bonds is 8. The normalized spacial score (nSPS) is 11.1. The fraction of sp³-hybridized carbons (Fsp3) is 0.136. The first-order valence-corrected chi connectivity index (χ1v) is 8.42. The molecule has 2 heterocycles. The molecule has 0 fully saturated rings. The van der Waals surface area contributed by atoms with Gasteiger partial charge in [0.25, 0.3) is 0 Å². The summed E-state index contributed by atoms with van der Waals surface area (Å²) in [6.07, 6.45) is 11.4. The van der Waals surface area contributed by atoms with E-state index < -0.39 is 0 Å². The molecule has 0 aliphatic heterocycles. The minimum Gasteiger partial charge on any atom is -0.278 e. The molecule has 2 rings (SSSR count). The van der Waals surface area contributed by atoms with Gasteiger partial charge >= 0.3 is 0 Å². The van der Waals surface area contributed by atoms with Gasteiger partial charge in [-0.1, -0.05) is 64.1 Å². The molecule has 2 aromatic rings. The van der Waals surface area contributed by atoms with Gasteiger partial charge in [-0.2, -0.15) is 9.97 Å². The van der Waals surface area contributed by atoms with E-state index in [4.69, 9.17) is 0 Å². The van der Waals surface area contributed by atoms with Crippen LogP contribution >= 0.6 is 0 Å². The molecular weight excluding hydrogens is 320 g/mol. The van der Waals surface area contributed by atoms with E-state index in [2.05, 4.69) is 47.8 Å². The lowest BCUT2D eigenvalue weighted by molar-refractivity contribution is 0.818. The standard InChI is InChI=1S/C22H24N4/c1-8-15(9-2)21-23-20(14-7)24-22(25-21)26-18(12-5)16(10-3)17(11-4)19(26)13-6/h8-13H,1,3-6,14H2,2,7H3/b15-9+. The number of hydrogen-bond donors (Lipinski definition) is 0. The van der Waals surface area contributed by atoms with Gasteiger partial charge in [0.15, 0.2) is 5.82 Å². The molecule has 0 unspecified atom stereocenters. The molecule has 0 amide bonds. The highest BCUT2D eigenvalue weighted by molar-refractivity contribution is 5.79. The maximum Gasteiger partial charge on any atom is 0.238 e. The van der Waals surface area contributed by atoms with E-state index in [0.29, 0.717) is 24.0 Å². The summed E-state index contributed by atoms with van der Waals surface area (Å²) in [5.41, 5.74) is 4.36. The van der Waals surface area contributed by atoms with E-state index in [1.807, 2.05) is 24.5 Å². The molecule has 26 heavy (non-hydrogen) atoms. The second-order valence-corrected chi connectivity index (χ2v) is 5.43. The first kappa shape index (κ1) is 19.1. The van der Waals surface area contributed by atoms with Crippen molar-refractivity contribution < 1.29 is 0 Å². The quantitative estimate of drug-likeness (QED) is 0.603. The molecule has 4 nitrogen and oxygen atoms in total. The topological polar surface area (TPSA) is 43.6 Å². The lowest BCUT2D eigenvalue weighted by Gasteiger charge is -2.11. The van der Waals surface area contributed by atoms with Crippen LogP contribution in [0.4, 0.5) is 0 Å². The molecular formula is C22H24N4. The minimum atomic E-state index is 0.508. The lowest BCUT2D eigenvalue weighted by atomic mass is 10.1. The monoisotopic (exact) mass is 344 g/mol. The third kappa shape index (κ3) is 3.14. The molecule has 0 saturated heterocycles. The summed E-state index contributed by atoms with van der Waals surface area (Å²) in [7, 11) is 0. The number of allylic oxidation sites excluding steroid dienone is 3. The second kappa shape index (κ2) is 8.21. The van der Waals surface area contributed by atoms with E-state index in [9.17, 15) is 0 Å². The third-order valence-electron chi connectivity index (χ3n) is 4.09. The fourth-order valence-corrected chi connectivity index (χ4v) is 2.83. The van der Waals surface area contributed by atoms with Crippen LogP contribution in [0.1, 0.15) is 48.0 Å². The zero-order chi connectivity index (χ0) is 19.3. The minimum absolute atomic E-state index is 0.508. The first-order chi connectivity index (χ1) is 12.6. The van der Waals surface area contributed by atoms with Gasteiger partial charge in [-0.25, -0.2) is 4.98 Å². The largest absolute Gasteiger partial charge is 0.278 e. The summed E-state index contributed by atoms with van der Waals surface area (Å²) in [6.45, 7) is 23.5. The predicted molar refractivity (Wildman–Crippen MR) is 113 cm³/mol. The smallest absolute Gasteiger partial charge is 0.238 e. The van der Waals surface area contributed by atoms with Crippen LogP contribution in [0, 0.1) is 0 Å². The predicted octanol–water partition coefficient (Wildman–Crippen LogP) is 5.39. The summed E-state index contributed by atoms with van der Waals surface area (Å²) >= 11 is 0. The number of hydrogen-bond acceptors (Lipinski definition) is 3. The van der Waals surface area contributed by atoms with Crippen LogP contribution in [-0.4, -0.2) is 19.5 Å². The molecule has 132 valence electrons. The maximum absolute atomic E-state index is 4.67. The Hall–Kier alpha value is -3.27. The van der Waals surface area contributed by atoms with Gasteiger partial charge in [0, 0.05) is 23.1 Å². The summed E-state index contributed by atoms with van der Waals surface area (Å²) < 4.78 is 1.91. The summed E-state index contributed by atoms with van der Waals surface area (Å²) in [5.74, 6) is 1.79. The number of nitrogens with zero attached hydrogens (tertiary/aromatic N) is 4. The van der Waals surface area contributed by atoms with Crippen molar-refractivity contribution in [1.29, 1.82) is 0 Å². The second-order valence-electron chi connectivity index (χ2n) is 5.43. The molecule has 0 radical (unpaired) electrons. The van der Waals surface area contributed by atoms with Crippen LogP contribution in [0.15, 0.2) is 45.0 Å². The van der Waals surface area contributed by atoms with Crippen molar-refractivity contribution in [3.8, 4) is 5.95 Å². The fourth-order valence-electron chi connectivity index (χ4n) is 2.83. The van der Waals surface area contributed by atoms with Crippen LogP contribution in [0.25, 0.3) is 35.8 Å². The van der Waals surface area contributed by atoms with Gasteiger partial charge in [0.05, 0.1) is 11.4 Å². The van der Waals surface area contributed by atoms with Crippen LogP contribution in [0.3, 0.4) is 0 Å².